The summed E-state index contributed by atoms with van der Waals surface area (Å²) in [5.74, 6) is 0.987. The van der Waals surface area contributed by atoms with E-state index in [1.165, 1.54) is 5.69 Å². The topological polar surface area (TPSA) is 44.8 Å². The van der Waals surface area contributed by atoms with E-state index in [4.69, 9.17) is 4.74 Å². The summed E-state index contributed by atoms with van der Waals surface area (Å²) in [6, 6.07) is 17.8. The summed E-state index contributed by atoms with van der Waals surface area (Å²) in [6.07, 6.45) is 0. The fourth-order valence-electron chi connectivity index (χ4n) is 3.22. The van der Waals surface area contributed by atoms with Gasteiger partial charge in [-0.3, -0.25) is 4.79 Å². The SMILES string of the molecule is CCOc1ccc(N[C@H](C)C(=O)N2CCN(c3ccccc3)CC2)cc1. The molecule has 1 aliphatic heterocycles. The van der Waals surface area contributed by atoms with E-state index < -0.39 is 0 Å². The Morgan fingerprint density at radius 1 is 1.04 bits per heavy atom. The lowest BCUT2D eigenvalue weighted by Crippen LogP contribution is -2.52. The molecule has 5 nitrogen and oxygen atoms in total. The Kier molecular flexibility index (Phi) is 6.00. The third-order valence-electron chi connectivity index (χ3n) is 4.63. The number of para-hydroxylation sites is 1. The standard InChI is InChI=1S/C21H27N3O2/c1-3-26-20-11-9-18(10-12-20)22-17(2)21(25)24-15-13-23(14-16-24)19-7-5-4-6-8-19/h4-12,17,22H,3,13-16H2,1-2H3/t17-/m1/s1. The molecule has 0 aliphatic carbocycles. The van der Waals surface area contributed by atoms with Gasteiger partial charge in [0.15, 0.2) is 0 Å². The number of carbonyl (C=O) groups is 1. The first-order valence-electron chi connectivity index (χ1n) is 9.25. The molecule has 1 saturated heterocycles. The predicted octanol–water partition coefficient (Wildman–Crippen LogP) is 3.23. The summed E-state index contributed by atoms with van der Waals surface area (Å²) in [5.41, 5.74) is 2.15. The van der Waals surface area contributed by atoms with E-state index in [-0.39, 0.29) is 11.9 Å². The van der Waals surface area contributed by atoms with E-state index >= 15 is 0 Å². The van der Waals surface area contributed by atoms with Crippen molar-refractivity contribution in [1.29, 1.82) is 0 Å². The number of rotatable bonds is 6. The van der Waals surface area contributed by atoms with E-state index in [0.29, 0.717) is 6.61 Å². The van der Waals surface area contributed by atoms with Crippen LogP contribution in [-0.4, -0.2) is 49.6 Å². The number of piperazine rings is 1. The van der Waals surface area contributed by atoms with Gasteiger partial charge in [-0.15, -0.1) is 0 Å². The molecule has 0 spiro atoms. The molecule has 0 unspecified atom stereocenters. The first kappa shape index (κ1) is 18.1. The number of carbonyl (C=O) groups excluding carboxylic acids is 1. The van der Waals surface area contributed by atoms with Gasteiger partial charge in [0.25, 0.3) is 0 Å². The summed E-state index contributed by atoms with van der Waals surface area (Å²) in [4.78, 5) is 17.0. The highest BCUT2D eigenvalue weighted by atomic mass is 16.5. The lowest BCUT2D eigenvalue weighted by molar-refractivity contribution is -0.131. The van der Waals surface area contributed by atoms with E-state index in [1.807, 2.05) is 49.1 Å². The Bertz CT molecular complexity index is 695. The van der Waals surface area contributed by atoms with Crippen LogP contribution in [0.3, 0.4) is 0 Å². The highest BCUT2D eigenvalue weighted by molar-refractivity contribution is 5.84. The fraction of sp³-hybridized carbons (Fsp3) is 0.381. The van der Waals surface area contributed by atoms with Crippen LogP contribution < -0.4 is 15.0 Å². The van der Waals surface area contributed by atoms with E-state index in [0.717, 1.165) is 37.6 Å². The molecule has 2 aromatic rings. The second-order valence-electron chi connectivity index (χ2n) is 6.47. The van der Waals surface area contributed by atoms with Crippen molar-refractivity contribution in [2.75, 3.05) is 43.0 Å². The third-order valence-corrected chi connectivity index (χ3v) is 4.63. The largest absolute Gasteiger partial charge is 0.494 e. The molecule has 3 rings (SSSR count). The highest BCUT2D eigenvalue weighted by Gasteiger charge is 2.24. The van der Waals surface area contributed by atoms with Gasteiger partial charge in [0.05, 0.1) is 6.61 Å². The zero-order valence-corrected chi connectivity index (χ0v) is 15.5. The van der Waals surface area contributed by atoms with Gasteiger partial charge in [0, 0.05) is 37.6 Å². The van der Waals surface area contributed by atoms with E-state index in [2.05, 4.69) is 34.5 Å². The van der Waals surface area contributed by atoms with Crippen molar-refractivity contribution in [3.8, 4) is 5.75 Å². The smallest absolute Gasteiger partial charge is 0.244 e. The molecular formula is C21H27N3O2. The summed E-state index contributed by atoms with van der Waals surface area (Å²) in [6.45, 7) is 7.77. The first-order chi connectivity index (χ1) is 12.7. The number of ether oxygens (including phenoxy) is 1. The Morgan fingerprint density at radius 2 is 1.69 bits per heavy atom. The molecule has 1 fully saturated rings. The van der Waals surface area contributed by atoms with E-state index in [9.17, 15) is 4.79 Å². The Labute approximate surface area is 155 Å². The number of anilines is 2. The van der Waals surface area contributed by atoms with Crippen LogP contribution in [0, 0.1) is 0 Å². The number of nitrogens with one attached hydrogen (secondary N) is 1. The van der Waals surface area contributed by atoms with Crippen molar-refractivity contribution in [3.05, 3.63) is 54.6 Å². The molecule has 1 N–H and O–H groups in total. The summed E-state index contributed by atoms with van der Waals surface area (Å²) in [5, 5.41) is 3.29. The molecule has 138 valence electrons. The maximum absolute atomic E-state index is 12.7. The molecular weight excluding hydrogens is 326 g/mol. The minimum absolute atomic E-state index is 0.145. The number of amides is 1. The van der Waals surface area contributed by atoms with Crippen molar-refractivity contribution in [2.45, 2.75) is 19.9 Å². The van der Waals surface area contributed by atoms with Crippen molar-refractivity contribution in [2.24, 2.45) is 0 Å². The molecule has 1 heterocycles. The monoisotopic (exact) mass is 353 g/mol. The van der Waals surface area contributed by atoms with Gasteiger partial charge in [-0.1, -0.05) is 18.2 Å². The lowest BCUT2D eigenvalue weighted by Gasteiger charge is -2.37. The maximum Gasteiger partial charge on any atom is 0.244 e. The van der Waals surface area contributed by atoms with Gasteiger partial charge in [-0.2, -0.15) is 0 Å². The zero-order valence-electron chi connectivity index (χ0n) is 15.5. The number of benzene rings is 2. The fourth-order valence-corrected chi connectivity index (χ4v) is 3.22. The van der Waals surface area contributed by atoms with Crippen molar-refractivity contribution in [3.63, 3.8) is 0 Å². The number of hydrogen-bond donors (Lipinski definition) is 1. The first-order valence-corrected chi connectivity index (χ1v) is 9.25. The van der Waals surface area contributed by atoms with Gasteiger partial charge < -0.3 is 19.9 Å². The Hall–Kier alpha value is -2.69. The van der Waals surface area contributed by atoms with Gasteiger partial charge in [-0.05, 0) is 50.2 Å². The molecule has 2 aromatic carbocycles. The zero-order chi connectivity index (χ0) is 18.4. The summed E-state index contributed by atoms with van der Waals surface area (Å²) >= 11 is 0. The Balaban J connectivity index is 1.51. The minimum atomic E-state index is -0.254. The quantitative estimate of drug-likeness (QED) is 0.866. The second-order valence-corrected chi connectivity index (χ2v) is 6.47. The van der Waals surface area contributed by atoms with Crippen molar-refractivity contribution < 1.29 is 9.53 Å². The Morgan fingerprint density at radius 3 is 2.31 bits per heavy atom. The molecule has 5 heteroatoms. The van der Waals surface area contributed by atoms with Crippen LogP contribution >= 0.6 is 0 Å². The molecule has 0 aromatic heterocycles. The number of hydrogen-bond acceptors (Lipinski definition) is 4. The lowest BCUT2D eigenvalue weighted by atomic mass is 10.2. The van der Waals surface area contributed by atoms with Crippen LogP contribution in [0.4, 0.5) is 11.4 Å². The molecule has 0 saturated carbocycles. The summed E-state index contributed by atoms with van der Waals surface area (Å²) in [7, 11) is 0. The van der Waals surface area contributed by atoms with Gasteiger partial charge in [-0.25, -0.2) is 0 Å². The van der Waals surface area contributed by atoms with Crippen LogP contribution in [0.2, 0.25) is 0 Å². The molecule has 0 radical (unpaired) electrons. The van der Waals surface area contributed by atoms with Gasteiger partial charge in [0.2, 0.25) is 5.91 Å². The molecule has 0 bridgehead atoms. The van der Waals surface area contributed by atoms with Crippen LogP contribution in [0.15, 0.2) is 54.6 Å². The van der Waals surface area contributed by atoms with Gasteiger partial charge in [0.1, 0.15) is 11.8 Å². The van der Waals surface area contributed by atoms with Crippen LogP contribution in [-0.2, 0) is 4.79 Å². The van der Waals surface area contributed by atoms with Crippen LogP contribution in [0.1, 0.15) is 13.8 Å². The third kappa shape index (κ3) is 4.48. The van der Waals surface area contributed by atoms with Crippen LogP contribution in [0.25, 0.3) is 0 Å². The van der Waals surface area contributed by atoms with Gasteiger partial charge >= 0.3 is 0 Å². The maximum atomic E-state index is 12.7. The van der Waals surface area contributed by atoms with E-state index in [1.54, 1.807) is 0 Å². The molecule has 1 aliphatic rings. The average molecular weight is 353 g/mol. The molecule has 1 atom stereocenters. The van der Waals surface area contributed by atoms with Crippen LogP contribution in [0.5, 0.6) is 5.75 Å². The predicted molar refractivity (Wildman–Crippen MR) is 106 cm³/mol. The van der Waals surface area contributed by atoms with Crippen molar-refractivity contribution >= 4 is 17.3 Å². The molecule has 26 heavy (non-hydrogen) atoms. The second kappa shape index (κ2) is 8.61. The minimum Gasteiger partial charge on any atom is -0.494 e. The molecule has 1 amide bonds. The number of nitrogens with zero attached hydrogens (tertiary/aromatic N) is 2. The summed E-state index contributed by atoms with van der Waals surface area (Å²) < 4.78 is 5.45. The average Bonchev–Trinajstić information content (AvgIpc) is 2.70. The van der Waals surface area contributed by atoms with Crippen molar-refractivity contribution in [1.82, 2.24) is 4.90 Å². The highest BCUT2D eigenvalue weighted by Crippen LogP contribution is 2.18. The normalized spacial score (nSPS) is 15.5.